The van der Waals surface area contributed by atoms with Crippen molar-refractivity contribution in [2.75, 3.05) is 19.8 Å². The van der Waals surface area contributed by atoms with E-state index < -0.39 is 11.9 Å². The highest BCUT2D eigenvalue weighted by molar-refractivity contribution is 9.10. The third-order valence-corrected chi connectivity index (χ3v) is 5.13. The highest BCUT2D eigenvalue weighted by atomic mass is 79.9. The summed E-state index contributed by atoms with van der Waals surface area (Å²) in [6.45, 7) is 1.22. The smallest absolute Gasteiger partial charge is 0.308 e. The first-order valence-electron chi connectivity index (χ1n) is 7.03. The van der Waals surface area contributed by atoms with E-state index in [9.17, 15) is 14.7 Å². The first-order valence-corrected chi connectivity index (χ1v) is 8.20. The Balaban J connectivity index is 2.01. The fourth-order valence-corrected chi connectivity index (χ4v) is 3.13. The molecule has 2 rings (SSSR count). The third-order valence-electron chi connectivity index (χ3n) is 3.83. The molecule has 120 valence electrons. The van der Waals surface area contributed by atoms with Crippen molar-refractivity contribution in [2.24, 2.45) is 11.8 Å². The van der Waals surface area contributed by atoms with Crippen molar-refractivity contribution in [1.82, 2.24) is 5.32 Å². The molecule has 0 aromatic heterocycles. The van der Waals surface area contributed by atoms with E-state index in [1.54, 1.807) is 18.2 Å². The molecule has 0 aliphatic carbocycles. The zero-order chi connectivity index (χ0) is 16.1. The molecule has 0 spiro atoms. The van der Waals surface area contributed by atoms with Crippen LogP contribution in [-0.2, 0) is 9.53 Å². The summed E-state index contributed by atoms with van der Waals surface area (Å²) in [5.41, 5.74) is 0.326. The molecule has 0 bridgehead atoms. The molecule has 0 radical (unpaired) electrons. The van der Waals surface area contributed by atoms with E-state index in [0.29, 0.717) is 41.1 Å². The molecule has 22 heavy (non-hydrogen) atoms. The van der Waals surface area contributed by atoms with Crippen LogP contribution in [0.25, 0.3) is 0 Å². The first kappa shape index (κ1) is 17.2. The predicted octanol–water partition coefficient (Wildman–Crippen LogP) is 2.96. The van der Waals surface area contributed by atoms with Crippen LogP contribution in [0.4, 0.5) is 0 Å². The van der Waals surface area contributed by atoms with Gasteiger partial charge in [0.1, 0.15) is 0 Å². The monoisotopic (exact) mass is 389 g/mol. The minimum Gasteiger partial charge on any atom is -0.481 e. The molecule has 5 nitrogen and oxygen atoms in total. The summed E-state index contributed by atoms with van der Waals surface area (Å²) in [6.07, 6.45) is 1.40. The summed E-state index contributed by atoms with van der Waals surface area (Å²) in [4.78, 5) is 23.6. The number of carbonyl (C=O) groups is 2. The van der Waals surface area contributed by atoms with Crippen LogP contribution in [0.15, 0.2) is 22.7 Å². The molecule has 1 amide bonds. The number of halogens is 2. The maximum atomic E-state index is 12.2. The largest absolute Gasteiger partial charge is 0.481 e. The molecule has 1 aliphatic rings. The Morgan fingerprint density at radius 1 is 1.41 bits per heavy atom. The van der Waals surface area contributed by atoms with Crippen molar-refractivity contribution in [3.05, 3.63) is 33.3 Å². The van der Waals surface area contributed by atoms with E-state index in [1.165, 1.54) is 0 Å². The highest BCUT2D eigenvalue weighted by Crippen LogP contribution is 2.27. The predicted molar refractivity (Wildman–Crippen MR) is 86.2 cm³/mol. The molecule has 1 fully saturated rings. The topological polar surface area (TPSA) is 75.6 Å². The summed E-state index contributed by atoms with van der Waals surface area (Å²) in [5, 5.41) is 12.4. The maximum absolute atomic E-state index is 12.2. The second-order valence-corrected chi connectivity index (χ2v) is 6.44. The Bertz CT molecular complexity index is 560. The second-order valence-electron chi connectivity index (χ2n) is 5.21. The molecule has 2 N–H and O–H groups in total. The number of hydrogen-bond acceptors (Lipinski definition) is 3. The molecule has 0 saturated carbocycles. The van der Waals surface area contributed by atoms with Crippen LogP contribution < -0.4 is 5.32 Å². The van der Waals surface area contributed by atoms with Crippen molar-refractivity contribution in [3.8, 4) is 0 Å². The van der Waals surface area contributed by atoms with Crippen LogP contribution in [0.1, 0.15) is 23.2 Å². The Labute approximate surface area is 142 Å². The number of aliphatic carboxylic acids is 1. The zero-order valence-electron chi connectivity index (χ0n) is 11.9. The van der Waals surface area contributed by atoms with Crippen molar-refractivity contribution in [3.63, 3.8) is 0 Å². The molecule has 1 aliphatic heterocycles. The van der Waals surface area contributed by atoms with Gasteiger partial charge in [0, 0.05) is 24.2 Å². The molecule has 7 heteroatoms. The second kappa shape index (κ2) is 7.94. The SMILES string of the molecule is O=C(NCC(C(=O)O)C1CCOCC1)c1cccc(Br)c1Cl. The molecule has 1 heterocycles. The van der Waals surface area contributed by atoms with Gasteiger partial charge in [-0.25, -0.2) is 0 Å². The quantitative estimate of drug-likeness (QED) is 0.810. The van der Waals surface area contributed by atoms with Gasteiger partial charge in [0.25, 0.3) is 5.91 Å². The van der Waals surface area contributed by atoms with Crippen molar-refractivity contribution < 1.29 is 19.4 Å². The molecule has 1 saturated heterocycles. The minimum absolute atomic E-state index is 0.0181. The van der Waals surface area contributed by atoms with Crippen LogP contribution in [0, 0.1) is 11.8 Å². The number of amides is 1. The lowest BCUT2D eigenvalue weighted by atomic mass is 9.86. The van der Waals surface area contributed by atoms with Gasteiger partial charge in [-0.05, 0) is 46.8 Å². The number of benzene rings is 1. The minimum atomic E-state index is -0.896. The Morgan fingerprint density at radius 3 is 2.73 bits per heavy atom. The fraction of sp³-hybridized carbons (Fsp3) is 0.467. The van der Waals surface area contributed by atoms with E-state index >= 15 is 0 Å². The summed E-state index contributed by atoms with van der Waals surface area (Å²) in [7, 11) is 0. The number of rotatable bonds is 5. The summed E-state index contributed by atoms with van der Waals surface area (Å²) >= 11 is 9.33. The van der Waals surface area contributed by atoms with Crippen LogP contribution in [-0.4, -0.2) is 36.7 Å². The van der Waals surface area contributed by atoms with Crippen LogP contribution in [0.3, 0.4) is 0 Å². The Kier molecular flexibility index (Phi) is 6.23. The van der Waals surface area contributed by atoms with E-state index in [0.717, 1.165) is 0 Å². The summed E-state index contributed by atoms with van der Waals surface area (Å²) < 4.78 is 5.88. The number of carboxylic acids is 1. The van der Waals surface area contributed by atoms with Crippen molar-refractivity contribution in [1.29, 1.82) is 0 Å². The van der Waals surface area contributed by atoms with Gasteiger partial charge in [-0.3, -0.25) is 9.59 Å². The normalized spacial score (nSPS) is 17.0. The fourth-order valence-electron chi connectivity index (χ4n) is 2.55. The van der Waals surface area contributed by atoms with Gasteiger partial charge in [-0.1, -0.05) is 17.7 Å². The summed E-state index contributed by atoms with van der Waals surface area (Å²) in [5.74, 6) is -1.86. The van der Waals surface area contributed by atoms with Crippen LogP contribution >= 0.6 is 27.5 Å². The molecular weight excluding hydrogens is 374 g/mol. The van der Waals surface area contributed by atoms with Gasteiger partial charge < -0.3 is 15.2 Å². The lowest BCUT2D eigenvalue weighted by molar-refractivity contribution is -0.144. The van der Waals surface area contributed by atoms with Crippen LogP contribution in [0.5, 0.6) is 0 Å². The van der Waals surface area contributed by atoms with Gasteiger partial charge in [-0.2, -0.15) is 0 Å². The van der Waals surface area contributed by atoms with Gasteiger partial charge in [0.15, 0.2) is 0 Å². The van der Waals surface area contributed by atoms with Crippen molar-refractivity contribution in [2.45, 2.75) is 12.8 Å². The standard InChI is InChI=1S/C15H17BrClNO4/c16-12-3-1-2-10(13(12)17)14(19)18-8-11(15(20)21)9-4-6-22-7-5-9/h1-3,9,11H,4-8H2,(H,18,19)(H,20,21). The molecular formula is C15H17BrClNO4. The van der Waals surface area contributed by atoms with E-state index in [-0.39, 0.29) is 18.4 Å². The first-order chi connectivity index (χ1) is 10.5. The third kappa shape index (κ3) is 4.21. The van der Waals surface area contributed by atoms with Crippen LogP contribution in [0.2, 0.25) is 5.02 Å². The number of hydrogen-bond donors (Lipinski definition) is 2. The molecule has 1 aromatic carbocycles. The van der Waals surface area contributed by atoms with Crippen molar-refractivity contribution >= 4 is 39.4 Å². The van der Waals surface area contributed by atoms with Gasteiger partial charge in [0.2, 0.25) is 0 Å². The van der Waals surface area contributed by atoms with Gasteiger partial charge >= 0.3 is 5.97 Å². The van der Waals surface area contributed by atoms with Gasteiger partial charge in [-0.15, -0.1) is 0 Å². The van der Waals surface area contributed by atoms with E-state index in [2.05, 4.69) is 21.2 Å². The average Bonchev–Trinajstić information content (AvgIpc) is 2.50. The maximum Gasteiger partial charge on any atom is 0.308 e. The highest BCUT2D eigenvalue weighted by Gasteiger charge is 2.30. The molecule has 1 unspecified atom stereocenters. The number of carboxylic acid groups (broad SMARTS) is 1. The molecule has 1 atom stereocenters. The Hall–Kier alpha value is -1.11. The average molecular weight is 391 g/mol. The van der Waals surface area contributed by atoms with E-state index in [4.69, 9.17) is 16.3 Å². The zero-order valence-corrected chi connectivity index (χ0v) is 14.2. The number of nitrogens with one attached hydrogen (secondary N) is 1. The Morgan fingerprint density at radius 2 is 2.09 bits per heavy atom. The number of ether oxygens (including phenoxy) is 1. The lowest BCUT2D eigenvalue weighted by Crippen LogP contribution is -2.39. The molecule has 1 aromatic rings. The summed E-state index contributed by atoms with van der Waals surface area (Å²) in [6, 6.07) is 5.05. The number of carbonyl (C=O) groups excluding carboxylic acids is 1. The van der Waals surface area contributed by atoms with E-state index in [1.807, 2.05) is 0 Å². The van der Waals surface area contributed by atoms with Gasteiger partial charge in [0.05, 0.1) is 16.5 Å². The lowest BCUT2D eigenvalue weighted by Gasteiger charge is -2.27.